The normalized spacial score (nSPS) is 16.4. The van der Waals surface area contributed by atoms with Gasteiger partial charge in [0, 0.05) is 10.8 Å². The van der Waals surface area contributed by atoms with Crippen LogP contribution < -0.4 is 4.90 Å². The highest BCUT2D eigenvalue weighted by Gasteiger charge is 2.27. The van der Waals surface area contributed by atoms with E-state index in [-0.39, 0.29) is 11.9 Å². The first-order valence-corrected chi connectivity index (χ1v) is 10.2. The zero-order valence-electron chi connectivity index (χ0n) is 14.9. The number of carbonyl (C=O) groups excluding carboxylic acids is 1. The number of thioether (sulfide) groups is 1. The number of rotatable bonds is 3. The minimum atomic E-state index is 0.00836. The van der Waals surface area contributed by atoms with E-state index in [4.69, 9.17) is 11.6 Å². The van der Waals surface area contributed by atoms with Crippen LogP contribution in [0, 0.1) is 0 Å². The van der Waals surface area contributed by atoms with Crippen LogP contribution in [0.25, 0.3) is 10.8 Å². The fraction of sp³-hybridized carbons (Fsp3) is 0.182. The van der Waals surface area contributed by atoms with Gasteiger partial charge in [0.2, 0.25) is 5.91 Å². The summed E-state index contributed by atoms with van der Waals surface area (Å²) in [6.45, 7) is 2.06. The summed E-state index contributed by atoms with van der Waals surface area (Å²) < 4.78 is 0. The van der Waals surface area contributed by atoms with Crippen molar-refractivity contribution in [3.63, 3.8) is 0 Å². The van der Waals surface area contributed by atoms with Crippen LogP contribution >= 0.6 is 23.4 Å². The molecule has 0 fully saturated rings. The molecule has 0 spiro atoms. The number of halogens is 1. The molecule has 5 heteroatoms. The molecule has 0 saturated heterocycles. The van der Waals surface area contributed by atoms with Gasteiger partial charge in [0.25, 0.3) is 0 Å². The number of hydrogen-bond acceptors (Lipinski definition) is 3. The van der Waals surface area contributed by atoms with Gasteiger partial charge in [-0.1, -0.05) is 65.8 Å². The van der Waals surface area contributed by atoms with E-state index in [1.807, 2.05) is 36.4 Å². The summed E-state index contributed by atoms with van der Waals surface area (Å²) in [5, 5.41) is 3.66. The third-order valence-electron chi connectivity index (χ3n) is 4.53. The molecular formula is C22H19ClN2OS. The fourth-order valence-corrected chi connectivity index (χ4v) is 4.40. The Labute approximate surface area is 168 Å². The van der Waals surface area contributed by atoms with E-state index in [1.165, 1.54) is 0 Å². The lowest BCUT2D eigenvalue weighted by molar-refractivity contribution is -0.117. The molecule has 1 atom stereocenters. The number of benzene rings is 3. The highest BCUT2D eigenvalue weighted by atomic mass is 35.5. The van der Waals surface area contributed by atoms with Gasteiger partial charge in [0.1, 0.15) is 0 Å². The van der Waals surface area contributed by atoms with Crippen molar-refractivity contribution in [1.82, 2.24) is 0 Å². The number of aliphatic imine (C=N–C) groups is 1. The van der Waals surface area contributed by atoms with Crippen molar-refractivity contribution in [2.75, 3.05) is 10.7 Å². The topological polar surface area (TPSA) is 32.7 Å². The maximum Gasteiger partial charge on any atom is 0.237 e. The number of hydrogen-bond donors (Lipinski definition) is 0. The molecule has 3 nitrogen and oxygen atoms in total. The van der Waals surface area contributed by atoms with Gasteiger partial charge < -0.3 is 0 Å². The molecule has 136 valence electrons. The maximum absolute atomic E-state index is 13.3. The Morgan fingerprint density at radius 3 is 2.59 bits per heavy atom. The molecule has 0 aliphatic carbocycles. The van der Waals surface area contributed by atoms with Gasteiger partial charge in [-0.2, -0.15) is 0 Å². The van der Waals surface area contributed by atoms with Crippen molar-refractivity contribution >= 4 is 50.9 Å². The number of carbonyl (C=O) groups is 1. The third kappa shape index (κ3) is 3.87. The van der Waals surface area contributed by atoms with Gasteiger partial charge >= 0.3 is 0 Å². The molecule has 0 N–H and O–H groups in total. The Morgan fingerprint density at radius 2 is 1.85 bits per heavy atom. The van der Waals surface area contributed by atoms with Crippen LogP contribution in [0.2, 0.25) is 5.02 Å². The Hall–Kier alpha value is -2.30. The van der Waals surface area contributed by atoms with Gasteiger partial charge in [-0.3, -0.25) is 14.7 Å². The number of amides is 1. The SMILES string of the molecule is C[C@H]1CSC(N(C(=O)Cc2cccc3ccccc23)c2ccc(Cl)cc2)=N1. The minimum absolute atomic E-state index is 0.00836. The van der Waals surface area contributed by atoms with Gasteiger partial charge in [-0.25, -0.2) is 0 Å². The van der Waals surface area contributed by atoms with E-state index in [2.05, 4.69) is 30.1 Å². The number of anilines is 1. The Balaban J connectivity index is 1.70. The second kappa shape index (κ2) is 7.75. The smallest absolute Gasteiger partial charge is 0.237 e. The molecule has 1 aliphatic heterocycles. The predicted octanol–water partition coefficient (Wildman–Crippen LogP) is 5.56. The molecule has 4 rings (SSSR count). The second-order valence-corrected chi connectivity index (χ2v) is 8.02. The lowest BCUT2D eigenvalue weighted by atomic mass is 10.0. The van der Waals surface area contributed by atoms with E-state index < -0.39 is 0 Å². The van der Waals surface area contributed by atoms with Crippen molar-refractivity contribution in [3.8, 4) is 0 Å². The summed E-state index contributed by atoms with van der Waals surface area (Å²) >= 11 is 7.66. The zero-order valence-corrected chi connectivity index (χ0v) is 16.5. The van der Waals surface area contributed by atoms with Gasteiger partial charge in [-0.15, -0.1) is 0 Å². The quantitative estimate of drug-likeness (QED) is 0.582. The lowest BCUT2D eigenvalue weighted by Crippen LogP contribution is -2.35. The molecule has 1 amide bonds. The van der Waals surface area contributed by atoms with Crippen LogP contribution in [-0.2, 0) is 11.2 Å². The van der Waals surface area contributed by atoms with Crippen molar-refractivity contribution in [2.45, 2.75) is 19.4 Å². The standard InChI is InChI=1S/C22H19ClN2OS/c1-15-14-27-22(24-15)25(19-11-9-18(23)10-12-19)21(26)13-17-7-4-6-16-5-2-3-8-20(16)17/h2-12,15H,13-14H2,1H3/t15-/m0/s1. The van der Waals surface area contributed by atoms with Crippen LogP contribution in [0.15, 0.2) is 71.7 Å². The molecule has 0 aromatic heterocycles. The molecular weight excluding hydrogens is 376 g/mol. The van der Waals surface area contributed by atoms with Crippen molar-refractivity contribution in [1.29, 1.82) is 0 Å². The van der Waals surface area contributed by atoms with E-state index in [0.717, 1.165) is 32.9 Å². The van der Waals surface area contributed by atoms with E-state index in [1.54, 1.807) is 28.8 Å². The third-order valence-corrected chi connectivity index (χ3v) is 5.98. The molecule has 1 aliphatic rings. The Kier molecular flexibility index (Phi) is 5.19. The van der Waals surface area contributed by atoms with E-state index >= 15 is 0 Å². The summed E-state index contributed by atoms with van der Waals surface area (Å²) in [6.07, 6.45) is 0.317. The first-order valence-electron chi connectivity index (χ1n) is 8.87. The number of nitrogens with zero attached hydrogens (tertiary/aromatic N) is 2. The molecule has 3 aromatic carbocycles. The van der Waals surface area contributed by atoms with Crippen LogP contribution in [0.4, 0.5) is 5.69 Å². The molecule has 0 radical (unpaired) electrons. The van der Waals surface area contributed by atoms with Crippen molar-refractivity contribution in [2.24, 2.45) is 4.99 Å². The average Bonchev–Trinajstić information content (AvgIpc) is 3.10. The zero-order chi connectivity index (χ0) is 18.8. The molecule has 1 heterocycles. The number of fused-ring (bicyclic) bond motifs is 1. The first-order chi connectivity index (χ1) is 13.1. The summed E-state index contributed by atoms with van der Waals surface area (Å²) in [6, 6.07) is 21.8. The van der Waals surface area contributed by atoms with Crippen LogP contribution in [-0.4, -0.2) is 22.9 Å². The largest absolute Gasteiger partial charge is 0.274 e. The lowest BCUT2D eigenvalue weighted by Gasteiger charge is -2.22. The summed E-state index contributed by atoms with van der Waals surface area (Å²) in [7, 11) is 0. The van der Waals surface area contributed by atoms with Gasteiger partial charge in [0.15, 0.2) is 5.17 Å². The maximum atomic E-state index is 13.3. The van der Waals surface area contributed by atoms with Crippen molar-refractivity contribution < 1.29 is 4.79 Å². The fourth-order valence-electron chi connectivity index (χ4n) is 3.22. The van der Waals surface area contributed by atoms with E-state index in [0.29, 0.717) is 11.4 Å². The average molecular weight is 395 g/mol. The minimum Gasteiger partial charge on any atom is -0.274 e. The summed E-state index contributed by atoms with van der Waals surface area (Å²) in [5.74, 6) is 0.898. The Bertz CT molecular complexity index is 1010. The van der Waals surface area contributed by atoms with E-state index in [9.17, 15) is 4.79 Å². The molecule has 27 heavy (non-hydrogen) atoms. The van der Waals surface area contributed by atoms with Gasteiger partial charge in [0.05, 0.1) is 18.2 Å². The molecule has 0 saturated carbocycles. The molecule has 0 bridgehead atoms. The van der Waals surface area contributed by atoms with Crippen LogP contribution in [0.3, 0.4) is 0 Å². The summed E-state index contributed by atoms with van der Waals surface area (Å²) in [4.78, 5) is 19.7. The highest BCUT2D eigenvalue weighted by molar-refractivity contribution is 8.14. The molecule has 3 aromatic rings. The Morgan fingerprint density at radius 1 is 1.11 bits per heavy atom. The predicted molar refractivity (Wildman–Crippen MR) is 116 cm³/mol. The highest BCUT2D eigenvalue weighted by Crippen LogP contribution is 2.28. The number of amidine groups is 1. The molecule has 0 unspecified atom stereocenters. The summed E-state index contributed by atoms with van der Waals surface area (Å²) in [5.41, 5.74) is 1.82. The monoisotopic (exact) mass is 394 g/mol. The van der Waals surface area contributed by atoms with Crippen LogP contribution in [0.1, 0.15) is 12.5 Å². The van der Waals surface area contributed by atoms with Crippen molar-refractivity contribution in [3.05, 3.63) is 77.3 Å². The second-order valence-electron chi connectivity index (χ2n) is 6.59. The van der Waals surface area contributed by atoms with Crippen LogP contribution in [0.5, 0.6) is 0 Å². The first kappa shape index (κ1) is 18.1. The van der Waals surface area contributed by atoms with Gasteiger partial charge in [-0.05, 0) is 47.5 Å².